The smallest absolute Gasteiger partial charge is 0.174 e. The highest BCUT2D eigenvalue weighted by molar-refractivity contribution is 9.10. The van der Waals surface area contributed by atoms with Crippen LogP contribution in [0.5, 0.6) is 5.75 Å². The van der Waals surface area contributed by atoms with Gasteiger partial charge in [0.25, 0.3) is 0 Å². The van der Waals surface area contributed by atoms with Gasteiger partial charge in [-0.3, -0.25) is 0 Å². The molecular weight excluding hydrogens is 332 g/mol. The molecule has 0 aliphatic rings. The van der Waals surface area contributed by atoms with Gasteiger partial charge in [0.1, 0.15) is 12.4 Å². The lowest BCUT2D eigenvalue weighted by Gasteiger charge is -2.18. The van der Waals surface area contributed by atoms with E-state index in [-0.39, 0.29) is 6.04 Å². The van der Waals surface area contributed by atoms with Crippen LogP contribution in [-0.2, 0) is 6.61 Å². The van der Waals surface area contributed by atoms with Crippen molar-refractivity contribution in [1.29, 1.82) is 0 Å². The summed E-state index contributed by atoms with van der Waals surface area (Å²) < 4.78 is 12.1. The van der Waals surface area contributed by atoms with Gasteiger partial charge in [0.2, 0.25) is 0 Å². The Bertz CT molecular complexity index is 583. The fourth-order valence-electron chi connectivity index (χ4n) is 2.09. The van der Waals surface area contributed by atoms with Crippen molar-refractivity contribution in [2.24, 2.45) is 0 Å². The second-order valence-electron chi connectivity index (χ2n) is 5.08. The van der Waals surface area contributed by atoms with Gasteiger partial charge < -0.3 is 14.6 Å². The number of nitrogens with one attached hydrogen (secondary N) is 1. The number of halogens is 1. The predicted octanol–water partition coefficient (Wildman–Crippen LogP) is 4.39. The Morgan fingerprint density at radius 1 is 1.38 bits per heavy atom. The van der Waals surface area contributed by atoms with E-state index in [1.807, 2.05) is 25.1 Å². The summed E-state index contributed by atoms with van der Waals surface area (Å²) in [4.78, 5) is 0. The van der Waals surface area contributed by atoms with E-state index in [1.165, 1.54) is 0 Å². The highest BCUT2D eigenvalue weighted by atomic mass is 79.9. The number of aromatic nitrogens is 1. The summed E-state index contributed by atoms with van der Waals surface area (Å²) >= 11 is 3.49. The Morgan fingerprint density at radius 3 is 2.86 bits per heavy atom. The first-order valence-corrected chi connectivity index (χ1v) is 7.97. The number of nitrogens with zero attached hydrogens (tertiary/aromatic N) is 1. The molecule has 21 heavy (non-hydrogen) atoms. The highest BCUT2D eigenvalue weighted by Crippen LogP contribution is 2.29. The monoisotopic (exact) mass is 352 g/mol. The molecule has 1 N–H and O–H groups in total. The second kappa shape index (κ2) is 7.61. The van der Waals surface area contributed by atoms with Crippen molar-refractivity contribution in [1.82, 2.24) is 10.5 Å². The Morgan fingerprint density at radius 2 is 2.19 bits per heavy atom. The predicted molar refractivity (Wildman–Crippen MR) is 86.4 cm³/mol. The van der Waals surface area contributed by atoms with Crippen LogP contribution in [-0.4, -0.2) is 11.7 Å². The summed E-state index contributed by atoms with van der Waals surface area (Å²) in [5, 5.41) is 7.35. The average molecular weight is 353 g/mol. The van der Waals surface area contributed by atoms with Gasteiger partial charge in [0.05, 0.1) is 5.69 Å². The van der Waals surface area contributed by atoms with E-state index in [2.05, 4.69) is 46.3 Å². The molecule has 0 aliphatic carbocycles. The van der Waals surface area contributed by atoms with Gasteiger partial charge in [0.15, 0.2) is 5.76 Å². The van der Waals surface area contributed by atoms with Crippen LogP contribution in [0.15, 0.2) is 33.3 Å². The molecule has 1 unspecified atom stereocenters. The molecule has 0 bridgehead atoms. The summed E-state index contributed by atoms with van der Waals surface area (Å²) in [6, 6.07) is 8.23. The molecule has 4 nitrogen and oxygen atoms in total. The van der Waals surface area contributed by atoms with Gasteiger partial charge in [0, 0.05) is 22.1 Å². The van der Waals surface area contributed by atoms with Crippen molar-refractivity contribution in [3.05, 3.63) is 45.8 Å². The normalized spacial score (nSPS) is 12.4. The van der Waals surface area contributed by atoms with Gasteiger partial charge in [-0.2, -0.15) is 0 Å². The number of ether oxygens (including phenoxy) is 1. The Balaban J connectivity index is 2.10. The van der Waals surface area contributed by atoms with Crippen LogP contribution in [0, 0.1) is 6.92 Å². The molecule has 1 aromatic carbocycles. The van der Waals surface area contributed by atoms with Crippen LogP contribution >= 0.6 is 15.9 Å². The molecule has 0 radical (unpaired) electrons. The summed E-state index contributed by atoms with van der Waals surface area (Å²) in [6.07, 6.45) is 1.11. The Kier molecular flexibility index (Phi) is 5.82. The first-order valence-electron chi connectivity index (χ1n) is 7.18. The number of aryl methyl sites for hydroxylation is 1. The topological polar surface area (TPSA) is 47.3 Å². The molecule has 1 heterocycles. The molecular formula is C16H21BrN2O2. The fourth-order valence-corrected chi connectivity index (χ4v) is 2.44. The van der Waals surface area contributed by atoms with Crippen molar-refractivity contribution in [3.8, 4) is 5.75 Å². The summed E-state index contributed by atoms with van der Waals surface area (Å²) in [6.45, 7) is 7.56. The molecule has 114 valence electrons. The van der Waals surface area contributed by atoms with E-state index in [0.717, 1.165) is 40.2 Å². The molecule has 0 saturated heterocycles. The first-order chi connectivity index (χ1) is 10.1. The molecule has 0 spiro atoms. The minimum atomic E-state index is 0.240. The number of benzene rings is 1. The Hall–Kier alpha value is -1.33. The van der Waals surface area contributed by atoms with E-state index in [0.29, 0.717) is 6.61 Å². The van der Waals surface area contributed by atoms with E-state index in [9.17, 15) is 0 Å². The van der Waals surface area contributed by atoms with Crippen LogP contribution in [0.1, 0.15) is 43.3 Å². The molecule has 0 fully saturated rings. The number of hydrogen-bond acceptors (Lipinski definition) is 4. The Labute approximate surface area is 134 Å². The lowest BCUT2D eigenvalue weighted by Crippen LogP contribution is -2.20. The van der Waals surface area contributed by atoms with Gasteiger partial charge in [-0.05, 0) is 38.9 Å². The summed E-state index contributed by atoms with van der Waals surface area (Å²) in [7, 11) is 0. The van der Waals surface area contributed by atoms with Crippen LogP contribution < -0.4 is 10.1 Å². The van der Waals surface area contributed by atoms with Gasteiger partial charge in [-0.15, -0.1) is 0 Å². The first kappa shape index (κ1) is 16.0. The molecule has 0 amide bonds. The maximum atomic E-state index is 5.91. The van der Waals surface area contributed by atoms with Crippen LogP contribution in [0.4, 0.5) is 0 Å². The zero-order valence-electron chi connectivity index (χ0n) is 12.6. The summed E-state index contributed by atoms with van der Waals surface area (Å²) in [5.74, 6) is 1.59. The second-order valence-corrected chi connectivity index (χ2v) is 6.00. The molecule has 2 rings (SSSR count). The molecule has 0 saturated carbocycles. The zero-order chi connectivity index (χ0) is 15.2. The standard InChI is InChI=1S/C16H21BrN2O2/c1-4-7-18-12(3)15-6-5-13(17)9-16(15)20-10-14-8-11(2)19-21-14/h5-6,8-9,12,18H,4,7,10H2,1-3H3. The summed E-state index contributed by atoms with van der Waals surface area (Å²) in [5.41, 5.74) is 2.00. The van der Waals surface area contributed by atoms with E-state index < -0.39 is 0 Å². The van der Waals surface area contributed by atoms with Crippen molar-refractivity contribution in [2.45, 2.75) is 39.8 Å². The highest BCUT2D eigenvalue weighted by Gasteiger charge is 2.12. The van der Waals surface area contributed by atoms with E-state index >= 15 is 0 Å². The number of rotatable bonds is 7. The number of hydrogen-bond donors (Lipinski definition) is 1. The molecule has 5 heteroatoms. The quantitative estimate of drug-likeness (QED) is 0.802. The van der Waals surface area contributed by atoms with Gasteiger partial charge >= 0.3 is 0 Å². The average Bonchev–Trinajstić information content (AvgIpc) is 2.88. The minimum Gasteiger partial charge on any atom is -0.485 e. The van der Waals surface area contributed by atoms with E-state index in [1.54, 1.807) is 0 Å². The fraction of sp³-hybridized carbons (Fsp3) is 0.438. The van der Waals surface area contributed by atoms with Gasteiger partial charge in [-0.25, -0.2) is 0 Å². The van der Waals surface area contributed by atoms with E-state index in [4.69, 9.17) is 9.26 Å². The van der Waals surface area contributed by atoms with Crippen LogP contribution in [0.25, 0.3) is 0 Å². The zero-order valence-corrected chi connectivity index (χ0v) is 14.2. The van der Waals surface area contributed by atoms with Gasteiger partial charge in [-0.1, -0.05) is 34.1 Å². The third kappa shape index (κ3) is 4.58. The molecule has 1 aromatic heterocycles. The lowest BCUT2D eigenvalue weighted by molar-refractivity contribution is 0.245. The van der Waals surface area contributed by atoms with Crippen LogP contribution in [0.2, 0.25) is 0 Å². The van der Waals surface area contributed by atoms with Crippen molar-refractivity contribution >= 4 is 15.9 Å². The lowest BCUT2D eigenvalue weighted by atomic mass is 10.1. The SMILES string of the molecule is CCCNC(C)c1ccc(Br)cc1OCc1cc(C)no1. The molecule has 0 aliphatic heterocycles. The third-order valence-electron chi connectivity index (χ3n) is 3.19. The third-order valence-corrected chi connectivity index (χ3v) is 3.68. The van der Waals surface area contributed by atoms with Crippen LogP contribution in [0.3, 0.4) is 0 Å². The maximum Gasteiger partial charge on any atom is 0.174 e. The van der Waals surface area contributed by atoms with Crippen molar-refractivity contribution in [3.63, 3.8) is 0 Å². The van der Waals surface area contributed by atoms with Crippen molar-refractivity contribution < 1.29 is 9.26 Å². The molecule has 2 aromatic rings. The minimum absolute atomic E-state index is 0.240. The largest absolute Gasteiger partial charge is 0.485 e. The van der Waals surface area contributed by atoms with Crippen molar-refractivity contribution in [2.75, 3.05) is 6.54 Å². The molecule has 1 atom stereocenters. The maximum absolute atomic E-state index is 5.91.